The van der Waals surface area contributed by atoms with Gasteiger partial charge in [-0.15, -0.1) is 0 Å². The molecule has 0 bridgehead atoms. The summed E-state index contributed by atoms with van der Waals surface area (Å²) in [7, 11) is 4.56. The molecule has 0 radical (unpaired) electrons. The number of benzene rings is 2. The van der Waals surface area contributed by atoms with Crippen molar-refractivity contribution in [3.8, 4) is 17.3 Å². The van der Waals surface area contributed by atoms with E-state index in [1.54, 1.807) is 25.2 Å². The molecule has 0 spiro atoms. The molecule has 40 heavy (non-hydrogen) atoms. The first-order valence-corrected chi connectivity index (χ1v) is 12.2. The molecule has 0 aliphatic carbocycles. The maximum atomic E-state index is 13.9. The van der Waals surface area contributed by atoms with Crippen molar-refractivity contribution in [1.82, 2.24) is 19.6 Å². The van der Waals surface area contributed by atoms with Gasteiger partial charge in [-0.25, -0.2) is 9.48 Å². The summed E-state index contributed by atoms with van der Waals surface area (Å²) in [5, 5.41) is 13.9. The number of carbonyl (C=O) groups excluding carboxylic acids is 2. The molecule has 204 valence electrons. The van der Waals surface area contributed by atoms with Gasteiger partial charge < -0.3 is 9.80 Å². The summed E-state index contributed by atoms with van der Waals surface area (Å²) in [6, 6.07) is 12.5. The molecule has 2 aliphatic heterocycles. The standard InChI is InChI=1S/C28H23F3N6O3/c1-34-12-11-22-24(26(34)39)25(35(2)27(40)37(22)18-6-4-5-17(14-18)28(29,30)31)19-8-7-16(15-32)13-20(19)21-9-10-23(38)36(3)33-21/h4-10,13-14,25H,11-12H2,1-3H3. The van der Waals surface area contributed by atoms with E-state index in [2.05, 4.69) is 11.2 Å². The molecule has 1 unspecified atom stereocenters. The van der Waals surface area contributed by atoms with Crippen molar-refractivity contribution in [2.45, 2.75) is 18.6 Å². The van der Waals surface area contributed by atoms with Crippen LogP contribution in [-0.2, 0) is 18.0 Å². The second kappa shape index (κ2) is 9.68. The summed E-state index contributed by atoms with van der Waals surface area (Å²) in [6.45, 7) is 0.263. The van der Waals surface area contributed by atoms with E-state index >= 15 is 0 Å². The zero-order valence-corrected chi connectivity index (χ0v) is 21.7. The number of amides is 3. The number of carbonyl (C=O) groups is 2. The quantitative estimate of drug-likeness (QED) is 0.491. The fourth-order valence-corrected chi connectivity index (χ4v) is 5.11. The summed E-state index contributed by atoms with van der Waals surface area (Å²) < 4.78 is 41.7. The topological polar surface area (TPSA) is 103 Å². The third-order valence-electron chi connectivity index (χ3n) is 7.14. The maximum absolute atomic E-state index is 13.9. The van der Waals surface area contributed by atoms with Gasteiger partial charge in [0.25, 0.3) is 11.5 Å². The normalized spacial score (nSPS) is 17.7. The average molecular weight is 549 g/mol. The Bertz CT molecular complexity index is 1690. The second-order valence-electron chi connectivity index (χ2n) is 9.61. The number of anilines is 1. The van der Waals surface area contributed by atoms with Gasteiger partial charge in [0.2, 0.25) is 0 Å². The van der Waals surface area contributed by atoms with Crippen molar-refractivity contribution in [3.05, 3.63) is 92.9 Å². The molecule has 3 heterocycles. The third kappa shape index (κ3) is 4.39. The summed E-state index contributed by atoms with van der Waals surface area (Å²) in [5.74, 6) is -0.383. The molecule has 1 atom stereocenters. The van der Waals surface area contributed by atoms with E-state index in [9.17, 15) is 32.8 Å². The number of likely N-dealkylation sites (N-methyl/N-ethyl adjacent to an activating group) is 2. The minimum absolute atomic E-state index is 0.00486. The van der Waals surface area contributed by atoms with Crippen LogP contribution in [0, 0.1) is 11.3 Å². The molecule has 0 saturated heterocycles. The highest BCUT2D eigenvalue weighted by Gasteiger charge is 2.45. The SMILES string of the molecule is CN1CCC2=C(C1=O)C(c1ccc(C#N)cc1-c1ccc(=O)n(C)n1)N(C)C(=O)N2c1cccc(C(F)(F)F)c1. The Kier molecular flexibility index (Phi) is 6.45. The number of nitrogens with zero attached hydrogens (tertiary/aromatic N) is 6. The smallest absolute Gasteiger partial charge is 0.341 e. The van der Waals surface area contributed by atoms with Crippen molar-refractivity contribution >= 4 is 17.6 Å². The van der Waals surface area contributed by atoms with Crippen molar-refractivity contribution in [2.75, 3.05) is 25.5 Å². The van der Waals surface area contributed by atoms with Crippen molar-refractivity contribution < 1.29 is 22.8 Å². The molecule has 12 heteroatoms. The number of aryl methyl sites for hydroxylation is 1. The molecule has 9 nitrogen and oxygen atoms in total. The Labute approximate surface area is 226 Å². The monoisotopic (exact) mass is 548 g/mol. The molecule has 0 saturated carbocycles. The number of alkyl halides is 3. The zero-order chi connectivity index (χ0) is 28.9. The number of rotatable bonds is 3. The summed E-state index contributed by atoms with van der Waals surface area (Å²) in [6.07, 6.45) is -4.39. The average Bonchev–Trinajstić information content (AvgIpc) is 2.93. The van der Waals surface area contributed by atoms with E-state index in [1.807, 2.05) is 0 Å². The molecule has 5 rings (SSSR count). The predicted molar refractivity (Wildman–Crippen MR) is 139 cm³/mol. The molecular weight excluding hydrogens is 525 g/mol. The van der Waals surface area contributed by atoms with Crippen LogP contribution in [-0.4, -0.2) is 52.2 Å². The Hall–Kier alpha value is -4.92. The highest BCUT2D eigenvalue weighted by atomic mass is 19.4. The molecular formula is C28H23F3N6O3. The third-order valence-corrected chi connectivity index (χ3v) is 7.14. The van der Waals surface area contributed by atoms with Gasteiger partial charge in [-0.1, -0.05) is 12.1 Å². The van der Waals surface area contributed by atoms with E-state index in [4.69, 9.17) is 0 Å². The van der Waals surface area contributed by atoms with Crippen LogP contribution in [0.2, 0.25) is 0 Å². The van der Waals surface area contributed by atoms with Crippen LogP contribution in [0.25, 0.3) is 11.3 Å². The molecule has 2 aliphatic rings. The lowest BCUT2D eigenvalue weighted by molar-refractivity contribution is -0.137. The predicted octanol–water partition coefficient (Wildman–Crippen LogP) is 4.07. The first-order valence-electron chi connectivity index (χ1n) is 12.2. The number of halogens is 3. The number of hydrogen-bond donors (Lipinski definition) is 0. The van der Waals surface area contributed by atoms with Gasteiger partial charge in [0, 0.05) is 51.4 Å². The lowest BCUT2D eigenvalue weighted by Gasteiger charge is -2.45. The molecule has 1 aromatic heterocycles. The molecule has 0 fully saturated rings. The van der Waals surface area contributed by atoms with Gasteiger partial charge in [-0.3, -0.25) is 14.5 Å². The van der Waals surface area contributed by atoms with E-state index in [0.717, 1.165) is 16.8 Å². The van der Waals surface area contributed by atoms with Crippen LogP contribution in [0.15, 0.2) is 70.7 Å². The molecule has 3 aromatic rings. The van der Waals surface area contributed by atoms with Crippen LogP contribution < -0.4 is 10.5 Å². The Morgan fingerprint density at radius 3 is 2.42 bits per heavy atom. The number of aromatic nitrogens is 2. The number of hydrogen-bond acceptors (Lipinski definition) is 5. The highest BCUT2D eigenvalue weighted by molar-refractivity contribution is 6.06. The van der Waals surface area contributed by atoms with Gasteiger partial charge >= 0.3 is 12.2 Å². The van der Waals surface area contributed by atoms with Crippen molar-refractivity contribution in [2.24, 2.45) is 7.05 Å². The van der Waals surface area contributed by atoms with Gasteiger partial charge in [0.1, 0.15) is 0 Å². The van der Waals surface area contributed by atoms with Crippen LogP contribution in [0.4, 0.5) is 23.7 Å². The van der Waals surface area contributed by atoms with E-state index in [0.29, 0.717) is 28.1 Å². The molecule has 3 amide bonds. The molecule has 2 aromatic carbocycles. The summed E-state index contributed by atoms with van der Waals surface area (Å²) >= 11 is 0. The van der Waals surface area contributed by atoms with Gasteiger partial charge in [0.05, 0.1) is 40.2 Å². The largest absolute Gasteiger partial charge is 0.416 e. The van der Waals surface area contributed by atoms with E-state index in [1.165, 1.54) is 53.1 Å². The summed E-state index contributed by atoms with van der Waals surface area (Å²) in [5.41, 5.74) is 0.801. The van der Waals surface area contributed by atoms with Crippen LogP contribution in [0.1, 0.15) is 29.2 Å². The maximum Gasteiger partial charge on any atom is 0.416 e. The van der Waals surface area contributed by atoms with Crippen LogP contribution in [0.3, 0.4) is 0 Å². The summed E-state index contributed by atoms with van der Waals surface area (Å²) in [4.78, 5) is 43.5. The second-order valence-corrected chi connectivity index (χ2v) is 9.61. The Morgan fingerprint density at radius 2 is 1.75 bits per heavy atom. The Balaban J connectivity index is 1.76. The van der Waals surface area contributed by atoms with E-state index in [-0.39, 0.29) is 35.7 Å². The highest BCUT2D eigenvalue weighted by Crippen LogP contribution is 2.45. The first-order chi connectivity index (χ1) is 18.9. The zero-order valence-electron chi connectivity index (χ0n) is 21.7. The van der Waals surface area contributed by atoms with Gasteiger partial charge in [-0.05, 0) is 42.0 Å². The van der Waals surface area contributed by atoms with Crippen molar-refractivity contribution in [3.63, 3.8) is 0 Å². The van der Waals surface area contributed by atoms with E-state index < -0.39 is 23.8 Å². The fourth-order valence-electron chi connectivity index (χ4n) is 5.11. The Morgan fingerprint density at radius 1 is 1.00 bits per heavy atom. The number of urea groups is 1. The number of nitriles is 1. The fraction of sp³-hybridized carbons (Fsp3) is 0.250. The van der Waals surface area contributed by atoms with Crippen LogP contribution in [0.5, 0.6) is 0 Å². The van der Waals surface area contributed by atoms with Crippen molar-refractivity contribution in [1.29, 1.82) is 5.26 Å². The van der Waals surface area contributed by atoms with Crippen LogP contribution >= 0.6 is 0 Å². The first kappa shape index (κ1) is 26.7. The van der Waals surface area contributed by atoms with Gasteiger partial charge in [0.15, 0.2) is 0 Å². The molecule has 0 N–H and O–H groups in total. The minimum atomic E-state index is -4.62. The van der Waals surface area contributed by atoms with Gasteiger partial charge in [-0.2, -0.15) is 23.5 Å². The minimum Gasteiger partial charge on any atom is -0.341 e. The lowest BCUT2D eigenvalue weighted by atomic mass is 9.85. The lowest BCUT2D eigenvalue weighted by Crippen LogP contribution is -2.53.